The van der Waals surface area contributed by atoms with Crippen molar-refractivity contribution in [3.05, 3.63) is 55.5 Å². The van der Waals surface area contributed by atoms with Gasteiger partial charge in [-0.05, 0) is 11.0 Å². The Kier molecular flexibility index (Phi) is 4.03. The highest BCUT2D eigenvalue weighted by Gasteiger charge is 2.17. The summed E-state index contributed by atoms with van der Waals surface area (Å²) < 4.78 is 6.65. The summed E-state index contributed by atoms with van der Waals surface area (Å²) >= 11 is 5.87. The molecule has 110 valence electrons. The quantitative estimate of drug-likeness (QED) is 0.619. The van der Waals surface area contributed by atoms with E-state index in [-0.39, 0.29) is 28.9 Å². The monoisotopic (exact) mass is 312 g/mol. The third-order valence-corrected chi connectivity index (χ3v) is 3.03. The summed E-state index contributed by atoms with van der Waals surface area (Å²) in [4.78, 5) is 24.0. The molecule has 1 aromatic carbocycles. The van der Waals surface area contributed by atoms with Crippen LogP contribution in [0.1, 0.15) is 5.82 Å². The lowest BCUT2D eigenvalue weighted by Crippen LogP contribution is -2.06. The molecule has 0 aliphatic rings. The van der Waals surface area contributed by atoms with Gasteiger partial charge in [0.1, 0.15) is 11.9 Å². The molecule has 0 fully saturated rings. The minimum absolute atomic E-state index is 0.0537. The molecular formula is C11H9ClN4O5. The van der Waals surface area contributed by atoms with Crippen molar-refractivity contribution in [1.29, 1.82) is 0 Å². The van der Waals surface area contributed by atoms with Crippen LogP contribution < -0.4 is 4.74 Å². The van der Waals surface area contributed by atoms with Gasteiger partial charge in [0.05, 0.1) is 17.0 Å². The predicted molar refractivity (Wildman–Crippen MR) is 72.3 cm³/mol. The van der Waals surface area contributed by atoms with E-state index in [2.05, 4.69) is 4.98 Å². The maximum absolute atomic E-state index is 10.7. The maximum Gasteiger partial charge on any atom is 0.342 e. The van der Waals surface area contributed by atoms with Gasteiger partial charge in [-0.2, -0.15) is 0 Å². The number of benzene rings is 1. The van der Waals surface area contributed by atoms with Gasteiger partial charge in [0.15, 0.2) is 6.61 Å². The molecule has 0 bridgehead atoms. The predicted octanol–water partition coefficient (Wildman–Crippen LogP) is 2.47. The number of non-ortho nitro benzene ring substituents is 1. The molecule has 0 amide bonds. The van der Waals surface area contributed by atoms with E-state index in [1.807, 2.05) is 0 Å². The number of nitrogens with zero attached hydrogens (tertiary/aromatic N) is 4. The van der Waals surface area contributed by atoms with Gasteiger partial charge in [0.25, 0.3) is 5.69 Å². The summed E-state index contributed by atoms with van der Waals surface area (Å²) in [5.74, 6) is 0.396. The molecule has 0 radical (unpaired) electrons. The first-order valence-corrected chi connectivity index (χ1v) is 5.99. The molecule has 0 atom stereocenters. The van der Waals surface area contributed by atoms with Gasteiger partial charge < -0.3 is 14.9 Å². The highest BCUT2D eigenvalue weighted by atomic mass is 35.5. The van der Waals surface area contributed by atoms with Crippen molar-refractivity contribution >= 4 is 23.1 Å². The van der Waals surface area contributed by atoms with E-state index in [4.69, 9.17) is 16.3 Å². The average molecular weight is 313 g/mol. The van der Waals surface area contributed by atoms with E-state index in [1.54, 1.807) is 0 Å². The van der Waals surface area contributed by atoms with E-state index < -0.39 is 9.85 Å². The van der Waals surface area contributed by atoms with Crippen molar-refractivity contribution in [2.24, 2.45) is 7.05 Å². The van der Waals surface area contributed by atoms with Crippen LogP contribution in [0, 0.1) is 20.2 Å². The Morgan fingerprint density at radius 3 is 2.57 bits per heavy atom. The number of hydrogen-bond donors (Lipinski definition) is 0. The molecule has 0 saturated carbocycles. The topological polar surface area (TPSA) is 113 Å². The summed E-state index contributed by atoms with van der Waals surface area (Å²) in [6.07, 6.45) is 1.12. The van der Waals surface area contributed by atoms with Crippen molar-refractivity contribution in [3.63, 3.8) is 0 Å². The van der Waals surface area contributed by atoms with E-state index in [1.165, 1.54) is 23.7 Å². The third kappa shape index (κ3) is 3.08. The molecule has 0 aliphatic heterocycles. The van der Waals surface area contributed by atoms with Gasteiger partial charge in [-0.15, -0.1) is 0 Å². The van der Waals surface area contributed by atoms with Gasteiger partial charge in [-0.3, -0.25) is 10.1 Å². The first kappa shape index (κ1) is 14.7. The average Bonchev–Trinajstić information content (AvgIpc) is 2.78. The molecule has 0 aliphatic carbocycles. The van der Waals surface area contributed by atoms with Crippen LogP contribution in [0.25, 0.3) is 0 Å². The van der Waals surface area contributed by atoms with Crippen LogP contribution in [0.2, 0.25) is 5.02 Å². The molecule has 2 aromatic rings. The van der Waals surface area contributed by atoms with Crippen LogP contribution in [0.15, 0.2) is 24.4 Å². The van der Waals surface area contributed by atoms with Crippen LogP contribution >= 0.6 is 11.6 Å². The van der Waals surface area contributed by atoms with E-state index in [0.29, 0.717) is 5.82 Å². The largest absolute Gasteiger partial charge is 0.482 e. The molecular weight excluding hydrogens is 304 g/mol. The van der Waals surface area contributed by atoms with Crippen LogP contribution in [-0.4, -0.2) is 19.4 Å². The number of ether oxygens (including phenoxy) is 1. The molecule has 0 saturated heterocycles. The summed E-state index contributed by atoms with van der Waals surface area (Å²) in [5, 5.41) is 21.3. The summed E-state index contributed by atoms with van der Waals surface area (Å²) in [7, 11) is 1.49. The van der Waals surface area contributed by atoms with Crippen LogP contribution in [0.3, 0.4) is 0 Å². The summed E-state index contributed by atoms with van der Waals surface area (Å²) in [5.41, 5.74) is -0.153. The lowest BCUT2D eigenvalue weighted by Gasteiger charge is -2.06. The van der Waals surface area contributed by atoms with E-state index in [0.717, 1.165) is 12.3 Å². The summed E-state index contributed by atoms with van der Waals surface area (Å²) in [6.45, 7) is -0.0537. The Labute approximate surface area is 123 Å². The molecule has 21 heavy (non-hydrogen) atoms. The maximum atomic E-state index is 10.7. The summed E-state index contributed by atoms with van der Waals surface area (Å²) in [6, 6.07) is 3.78. The molecule has 1 aromatic heterocycles. The van der Waals surface area contributed by atoms with Crippen LogP contribution in [0.4, 0.5) is 11.5 Å². The van der Waals surface area contributed by atoms with Gasteiger partial charge >= 0.3 is 5.82 Å². The minimum Gasteiger partial charge on any atom is -0.482 e. The Balaban J connectivity index is 2.13. The van der Waals surface area contributed by atoms with Gasteiger partial charge in [-0.1, -0.05) is 11.6 Å². The van der Waals surface area contributed by atoms with Crippen molar-refractivity contribution < 1.29 is 14.6 Å². The second-order valence-electron chi connectivity index (χ2n) is 4.01. The van der Waals surface area contributed by atoms with Crippen LogP contribution in [-0.2, 0) is 13.7 Å². The number of nitro groups is 2. The number of halogens is 1. The van der Waals surface area contributed by atoms with Crippen molar-refractivity contribution in [2.75, 3.05) is 0 Å². The van der Waals surface area contributed by atoms with Crippen molar-refractivity contribution in [3.8, 4) is 5.75 Å². The molecule has 0 spiro atoms. The third-order valence-electron chi connectivity index (χ3n) is 2.73. The first-order chi connectivity index (χ1) is 9.90. The Morgan fingerprint density at radius 2 is 2.05 bits per heavy atom. The number of hydrogen-bond acceptors (Lipinski definition) is 6. The van der Waals surface area contributed by atoms with Gasteiger partial charge in [0, 0.05) is 12.1 Å². The molecule has 1 heterocycles. The minimum atomic E-state index is -0.572. The SMILES string of the molecule is Cn1c([N+](=O)[O-])cnc1COc1ccc([N+](=O)[O-])cc1Cl. The van der Waals surface area contributed by atoms with E-state index >= 15 is 0 Å². The lowest BCUT2D eigenvalue weighted by atomic mass is 10.3. The molecule has 0 unspecified atom stereocenters. The normalized spacial score (nSPS) is 10.4. The highest BCUT2D eigenvalue weighted by Crippen LogP contribution is 2.29. The lowest BCUT2D eigenvalue weighted by molar-refractivity contribution is -0.391. The standard InChI is InChI=1S/C11H9ClN4O5/c1-14-10(13-5-11(14)16(19)20)6-21-9-3-2-7(15(17)18)4-8(9)12/h2-5H,6H2,1H3. The molecule has 9 nitrogen and oxygen atoms in total. The number of aromatic nitrogens is 2. The number of imidazole rings is 1. The smallest absolute Gasteiger partial charge is 0.342 e. The fourth-order valence-corrected chi connectivity index (χ4v) is 1.83. The Hall–Kier alpha value is -2.68. The fourth-order valence-electron chi connectivity index (χ4n) is 1.60. The van der Waals surface area contributed by atoms with Crippen molar-refractivity contribution in [2.45, 2.75) is 6.61 Å². The van der Waals surface area contributed by atoms with Gasteiger partial charge in [-0.25, -0.2) is 9.55 Å². The number of rotatable bonds is 5. The highest BCUT2D eigenvalue weighted by molar-refractivity contribution is 6.32. The van der Waals surface area contributed by atoms with E-state index in [9.17, 15) is 20.2 Å². The van der Waals surface area contributed by atoms with Crippen LogP contribution in [0.5, 0.6) is 5.75 Å². The second-order valence-corrected chi connectivity index (χ2v) is 4.42. The van der Waals surface area contributed by atoms with Crippen molar-refractivity contribution in [1.82, 2.24) is 9.55 Å². The molecule has 0 N–H and O–H groups in total. The second kappa shape index (κ2) is 5.75. The number of nitro benzene ring substituents is 1. The Bertz CT molecular complexity index is 715. The Morgan fingerprint density at radius 1 is 1.33 bits per heavy atom. The van der Waals surface area contributed by atoms with Gasteiger partial charge in [0.2, 0.25) is 5.82 Å². The first-order valence-electron chi connectivity index (χ1n) is 5.62. The molecule has 10 heteroatoms. The zero-order valence-corrected chi connectivity index (χ0v) is 11.5. The fraction of sp³-hybridized carbons (Fsp3) is 0.182. The molecule has 2 rings (SSSR count). The zero-order chi connectivity index (χ0) is 15.6. The zero-order valence-electron chi connectivity index (χ0n) is 10.7.